The Labute approximate surface area is 108 Å². The lowest BCUT2D eigenvalue weighted by Gasteiger charge is -2.09. The first-order valence-electron chi connectivity index (χ1n) is 6.22. The van der Waals surface area contributed by atoms with E-state index in [1.807, 2.05) is 13.0 Å². The molecule has 0 saturated heterocycles. The Hall–Kier alpha value is -1.74. The highest BCUT2D eigenvalue weighted by Crippen LogP contribution is 2.21. The maximum Gasteiger partial charge on any atom is 0.133 e. The molecule has 94 valence electrons. The van der Waals surface area contributed by atoms with E-state index in [1.165, 1.54) is 11.1 Å². The monoisotopic (exact) mass is 241 g/mol. The van der Waals surface area contributed by atoms with Crippen molar-refractivity contribution >= 4 is 0 Å². The molecule has 1 atom stereocenters. The minimum atomic E-state index is 0.191. The van der Waals surface area contributed by atoms with E-state index in [2.05, 4.69) is 42.0 Å². The summed E-state index contributed by atoms with van der Waals surface area (Å²) in [6.45, 7) is 6.83. The van der Waals surface area contributed by atoms with E-state index in [4.69, 9.17) is 5.73 Å². The zero-order valence-electron chi connectivity index (χ0n) is 11.1. The van der Waals surface area contributed by atoms with Gasteiger partial charge in [0, 0.05) is 24.2 Å². The first kappa shape index (κ1) is 12.7. The maximum atomic E-state index is 5.66. The summed E-state index contributed by atoms with van der Waals surface area (Å²) in [5.41, 5.74) is 10.3. The quantitative estimate of drug-likeness (QED) is 0.899. The summed E-state index contributed by atoms with van der Waals surface area (Å²) in [5, 5.41) is 0. The zero-order valence-corrected chi connectivity index (χ0v) is 11.1. The third-order valence-electron chi connectivity index (χ3n) is 3.27. The Balaban J connectivity index is 2.41. The topological polar surface area (TPSA) is 51.8 Å². The van der Waals surface area contributed by atoms with Crippen LogP contribution in [0.4, 0.5) is 0 Å². The van der Waals surface area contributed by atoms with Gasteiger partial charge in [-0.25, -0.2) is 9.97 Å². The molecule has 0 spiro atoms. The van der Waals surface area contributed by atoms with Crippen molar-refractivity contribution in [3.63, 3.8) is 0 Å². The van der Waals surface area contributed by atoms with Crippen LogP contribution >= 0.6 is 0 Å². The van der Waals surface area contributed by atoms with Crippen molar-refractivity contribution in [1.82, 2.24) is 9.97 Å². The minimum Gasteiger partial charge on any atom is -0.330 e. The number of nitrogens with zero attached hydrogens (tertiary/aromatic N) is 2. The smallest absolute Gasteiger partial charge is 0.133 e. The van der Waals surface area contributed by atoms with Crippen LogP contribution in [0.15, 0.2) is 30.5 Å². The van der Waals surface area contributed by atoms with Crippen LogP contribution in [0.5, 0.6) is 0 Å². The Morgan fingerprint density at radius 1 is 1.17 bits per heavy atom. The SMILES string of the molecule is Cc1ccc(-c2ccnc(C(C)CN)n2)cc1C. The van der Waals surface area contributed by atoms with E-state index >= 15 is 0 Å². The molecule has 1 aromatic heterocycles. The molecule has 2 N–H and O–H groups in total. The van der Waals surface area contributed by atoms with Crippen LogP contribution in [-0.4, -0.2) is 16.5 Å². The third-order valence-corrected chi connectivity index (χ3v) is 3.27. The first-order chi connectivity index (χ1) is 8.61. The van der Waals surface area contributed by atoms with Crippen molar-refractivity contribution in [3.8, 4) is 11.3 Å². The number of benzene rings is 1. The lowest BCUT2D eigenvalue weighted by atomic mass is 10.0. The van der Waals surface area contributed by atoms with Gasteiger partial charge in [0.2, 0.25) is 0 Å². The molecule has 0 radical (unpaired) electrons. The summed E-state index contributed by atoms with van der Waals surface area (Å²) in [7, 11) is 0. The van der Waals surface area contributed by atoms with Crippen LogP contribution in [0.3, 0.4) is 0 Å². The zero-order chi connectivity index (χ0) is 13.1. The number of hydrogen-bond donors (Lipinski definition) is 1. The number of aromatic nitrogens is 2. The van der Waals surface area contributed by atoms with E-state index in [0.29, 0.717) is 6.54 Å². The summed E-state index contributed by atoms with van der Waals surface area (Å²) in [4.78, 5) is 8.88. The van der Waals surface area contributed by atoms with Gasteiger partial charge in [-0.1, -0.05) is 19.1 Å². The van der Waals surface area contributed by atoms with E-state index < -0.39 is 0 Å². The highest BCUT2D eigenvalue weighted by atomic mass is 14.9. The molecule has 3 heteroatoms. The summed E-state index contributed by atoms with van der Waals surface area (Å²) in [6, 6.07) is 8.33. The first-order valence-corrected chi connectivity index (χ1v) is 6.22. The molecule has 0 aliphatic carbocycles. The predicted molar refractivity (Wildman–Crippen MR) is 74.4 cm³/mol. The van der Waals surface area contributed by atoms with Gasteiger partial charge in [0.25, 0.3) is 0 Å². The molecule has 1 unspecified atom stereocenters. The normalized spacial score (nSPS) is 12.4. The maximum absolute atomic E-state index is 5.66. The average molecular weight is 241 g/mol. The summed E-state index contributed by atoms with van der Waals surface area (Å²) in [6.07, 6.45) is 1.80. The minimum absolute atomic E-state index is 0.191. The summed E-state index contributed by atoms with van der Waals surface area (Å²) < 4.78 is 0. The van der Waals surface area contributed by atoms with Crippen molar-refractivity contribution in [2.75, 3.05) is 6.54 Å². The molecular weight excluding hydrogens is 222 g/mol. The standard InChI is InChI=1S/C15H19N3/c1-10-4-5-13(8-11(10)2)14-6-7-17-15(18-14)12(3)9-16/h4-8,12H,9,16H2,1-3H3. The Morgan fingerprint density at radius 2 is 1.94 bits per heavy atom. The van der Waals surface area contributed by atoms with Crippen LogP contribution in [0.25, 0.3) is 11.3 Å². The van der Waals surface area contributed by atoms with E-state index in [0.717, 1.165) is 17.1 Å². The molecule has 0 fully saturated rings. The third kappa shape index (κ3) is 2.57. The Morgan fingerprint density at radius 3 is 2.61 bits per heavy atom. The molecule has 2 rings (SSSR count). The van der Waals surface area contributed by atoms with E-state index in [9.17, 15) is 0 Å². The Bertz CT molecular complexity index is 549. The van der Waals surface area contributed by atoms with Gasteiger partial charge in [-0.3, -0.25) is 0 Å². The summed E-state index contributed by atoms with van der Waals surface area (Å²) in [5.74, 6) is 1.00. The highest BCUT2D eigenvalue weighted by Gasteiger charge is 2.08. The van der Waals surface area contributed by atoms with Gasteiger partial charge in [-0.05, 0) is 37.1 Å². The van der Waals surface area contributed by atoms with Crippen LogP contribution in [0.1, 0.15) is 29.8 Å². The highest BCUT2D eigenvalue weighted by molar-refractivity contribution is 5.60. The predicted octanol–water partition coefficient (Wildman–Crippen LogP) is 2.82. The average Bonchev–Trinajstić information content (AvgIpc) is 2.41. The van der Waals surface area contributed by atoms with Crippen LogP contribution in [0, 0.1) is 13.8 Å². The van der Waals surface area contributed by atoms with Gasteiger partial charge in [0.15, 0.2) is 0 Å². The molecule has 1 heterocycles. The fraction of sp³-hybridized carbons (Fsp3) is 0.333. The molecule has 3 nitrogen and oxygen atoms in total. The van der Waals surface area contributed by atoms with Gasteiger partial charge in [0.05, 0.1) is 5.69 Å². The Kier molecular flexibility index (Phi) is 3.72. The van der Waals surface area contributed by atoms with Gasteiger partial charge in [-0.2, -0.15) is 0 Å². The van der Waals surface area contributed by atoms with Crippen molar-refractivity contribution in [2.24, 2.45) is 5.73 Å². The second-order valence-corrected chi connectivity index (χ2v) is 4.74. The second kappa shape index (κ2) is 5.27. The van der Waals surface area contributed by atoms with Crippen LogP contribution < -0.4 is 5.73 Å². The second-order valence-electron chi connectivity index (χ2n) is 4.74. The lowest BCUT2D eigenvalue weighted by molar-refractivity contribution is 0.712. The van der Waals surface area contributed by atoms with E-state index in [1.54, 1.807) is 6.20 Å². The number of rotatable bonds is 3. The van der Waals surface area contributed by atoms with Crippen LogP contribution in [-0.2, 0) is 0 Å². The van der Waals surface area contributed by atoms with Gasteiger partial charge in [-0.15, -0.1) is 0 Å². The molecular formula is C15H19N3. The van der Waals surface area contributed by atoms with Crippen molar-refractivity contribution in [2.45, 2.75) is 26.7 Å². The van der Waals surface area contributed by atoms with Crippen molar-refractivity contribution in [3.05, 3.63) is 47.4 Å². The molecule has 1 aromatic carbocycles. The molecule has 0 saturated carbocycles. The number of nitrogens with two attached hydrogens (primary N) is 1. The lowest BCUT2D eigenvalue weighted by Crippen LogP contribution is -2.12. The molecule has 2 aromatic rings. The van der Waals surface area contributed by atoms with E-state index in [-0.39, 0.29) is 5.92 Å². The van der Waals surface area contributed by atoms with Gasteiger partial charge in [0.1, 0.15) is 5.82 Å². The van der Waals surface area contributed by atoms with Crippen molar-refractivity contribution < 1.29 is 0 Å². The molecule has 0 aliphatic rings. The largest absolute Gasteiger partial charge is 0.330 e. The molecule has 0 aliphatic heterocycles. The van der Waals surface area contributed by atoms with Crippen molar-refractivity contribution in [1.29, 1.82) is 0 Å². The van der Waals surface area contributed by atoms with Gasteiger partial charge >= 0.3 is 0 Å². The summed E-state index contributed by atoms with van der Waals surface area (Å²) >= 11 is 0. The molecule has 0 bridgehead atoms. The number of aryl methyl sites for hydroxylation is 2. The molecule has 0 amide bonds. The fourth-order valence-electron chi connectivity index (χ4n) is 1.78. The number of hydrogen-bond acceptors (Lipinski definition) is 3. The van der Waals surface area contributed by atoms with Gasteiger partial charge < -0.3 is 5.73 Å². The van der Waals surface area contributed by atoms with Crippen LogP contribution in [0.2, 0.25) is 0 Å². The molecule has 18 heavy (non-hydrogen) atoms. The fourth-order valence-corrected chi connectivity index (χ4v) is 1.78.